The summed E-state index contributed by atoms with van der Waals surface area (Å²) in [5, 5.41) is 14.0. The summed E-state index contributed by atoms with van der Waals surface area (Å²) in [6, 6.07) is 2.26. The number of hydrogen-bond acceptors (Lipinski definition) is 3. The van der Waals surface area contributed by atoms with E-state index in [1.54, 1.807) is 0 Å². The maximum absolute atomic E-state index is 13.1. The maximum atomic E-state index is 13.1. The molecule has 24 heavy (non-hydrogen) atoms. The van der Waals surface area contributed by atoms with E-state index in [1.165, 1.54) is 0 Å². The molecule has 1 aliphatic rings. The summed E-state index contributed by atoms with van der Waals surface area (Å²) < 4.78 is 26.2. The van der Waals surface area contributed by atoms with Gasteiger partial charge in [0.2, 0.25) is 0 Å². The van der Waals surface area contributed by atoms with Crippen molar-refractivity contribution in [1.82, 2.24) is 5.32 Å². The second-order valence-electron chi connectivity index (χ2n) is 6.10. The van der Waals surface area contributed by atoms with Crippen molar-refractivity contribution < 1.29 is 23.5 Å². The molecule has 0 aliphatic heterocycles. The lowest BCUT2D eigenvalue weighted by molar-refractivity contribution is -0.137. The first-order valence-corrected chi connectivity index (χ1v) is 8.18. The lowest BCUT2D eigenvalue weighted by atomic mass is 9.82. The molecule has 1 aromatic carbocycles. The molecule has 0 heterocycles. The molecule has 0 radical (unpaired) electrons. The smallest absolute Gasteiger partial charge is 0.313 e. The summed E-state index contributed by atoms with van der Waals surface area (Å²) in [4.78, 5) is 24.0. The summed E-state index contributed by atoms with van der Waals surface area (Å²) in [6.07, 6.45) is 5.55. The van der Waals surface area contributed by atoms with E-state index in [9.17, 15) is 23.5 Å². The van der Waals surface area contributed by atoms with Gasteiger partial charge < -0.3 is 15.7 Å². The number of carbonyl (C=O) groups is 2. The van der Waals surface area contributed by atoms with Gasteiger partial charge in [0, 0.05) is 24.4 Å². The van der Waals surface area contributed by atoms with Crippen molar-refractivity contribution in [1.29, 1.82) is 0 Å². The summed E-state index contributed by atoms with van der Waals surface area (Å²) >= 11 is 0. The molecule has 1 atom stereocenters. The zero-order chi connectivity index (χ0) is 17.5. The van der Waals surface area contributed by atoms with E-state index in [0.29, 0.717) is 12.5 Å². The molecule has 0 spiro atoms. The largest absolute Gasteiger partial charge is 0.396 e. The Morgan fingerprint density at radius 3 is 2.29 bits per heavy atom. The van der Waals surface area contributed by atoms with Gasteiger partial charge in [-0.15, -0.1) is 0 Å². The molecule has 132 valence electrons. The molecule has 7 heteroatoms. The highest BCUT2D eigenvalue weighted by Gasteiger charge is 2.27. The monoisotopic (exact) mass is 340 g/mol. The fraction of sp³-hybridized carbons (Fsp3) is 0.529. The van der Waals surface area contributed by atoms with E-state index in [-0.39, 0.29) is 24.3 Å². The van der Waals surface area contributed by atoms with Crippen LogP contribution in [0.2, 0.25) is 0 Å². The third-order valence-corrected chi connectivity index (χ3v) is 4.30. The number of benzene rings is 1. The van der Waals surface area contributed by atoms with E-state index < -0.39 is 23.4 Å². The van der Waals surface area contributed by atoms with Crippen LogP contribution in [0, 0.1) is 17.6 Å². The second-order valence-corrected chi connectivity index (χ2v) is 6.10. The van der Waals surface area contributed by atoms with Gasteiger partial charge in [0.15, 0.2) is 0 Å². The molecule has 3 N–H and O–H groups in total. The average molecular weight is 340 g/mol. The minimum absolute atomic E-state index is 0.0851. The van der Waals surface area contributed by atoms with Gasteiger partial charge in [-0.2, -0.15) is 0 Å². The third kappa shape index (κ3) is 5.26. The van der Waals surface area contributed by atoms with Crippen LogP contribution >= 0.6 is 0 Å². The first-order valence-electron chi connectivity index (χ1n) is 8.18. The first-order chi connectivity index (χ1) is 11.5. The van der Waals surface area contributed by atoms with Gasteiger partial charge >= 0.3 is 11.8 Å². The predicted octanol–water partition coefficient (Wildman–Crippen LogP) is 2.35. The van der Waals surface area contributed by atoms with Crippen molar-refractivity contribution >= 4 is 17.5 Å². The summed E-state index contributed by atoms with van der Waals surface area (Å²) in [6.45, 7) is -0.0851. The number of aliphatic hydroxyl groups excluding tert-OH is 1. The minimum atomic E-state index is -0.987. The minimum Gasteiger partial charge on any atom is -0.396 e. The molecule has 2 amide bonds. The number of aliphatic hydroxyl groups is 1. The number of halogens is 2. The summed E-state index contributed by atoms with van der Waals surface area (Å²) in [5.41, 5.74) is -0.121. The van der Waals surface area contributed by atoms with Crippen molar-refractivity contribution in [2.45, 2.75) is 44.6 Å². The Labute approximate surface area is 139 Å². The Kier molecular flexibility index (Phi) is 6.66. The van der Waals surface area contributed by atoms with E-state index >= 15 is 0 Å². The van der Waals surface area contributed by atoms with Gasteiger partial charge in [-0.25, -0.2) is 8.78 Å². The molecule has 1 saturated carbocycles. The topological polar surface area (TPSA) is 78.4 Å². The van der Waals surface area contributed by atoms with Crippen molar-refractivity contribution in [3.05, 3.63) is 29.8 Å². The van der Waals surface area contributed by atoms with Crippen LogP contribution in [0.3, 0.4) is 0 Å². The van der Waals surface area contributed by atoms with Crippen molar-refractivity contribution in [2.24, 2.45) is 5.92 Å². The Balaban J connectivity index is 1.96. The number of hydrogen-bond donors (Lipinski definition) is 3. The Bertz CT molecular complexity index is 569. The molecule has 1 unspecified atom stereocenters. The van der Waals surface area contributed by atoms with Gasteiger partial charge in [-0.05, 0) is 37.3 Å². The number of carbonyl (C=O) groups excluding carboxylic acids is 2. The molecule has 0 saturated heterocycles. The van der Waals surface area contributed by atoms with Gasteiger partial charge in [-0.1, -0.05) is 19.3 Å². The quantitative estimate of drug-likeness (QED) is 0.720. The standard InChI is InChI=1S/C17H22F2N2O3/c18-12-8-13(19)10-14(9-12)20-16(23)17(24)21-15(6-7-22)11-4-2-1-3-5-11/h8-11,15,22H,1-7H2,(H,20,23)(H,21,24). The molecule has 0 aromatic heterocycles. The Hall–Kier alpha value is -2.02. The molecule has 1 aliphatic carbocycles. The fourth-order valence-electron chi connectivity index (χ4n) is 3.15. The van der Waals surface area contributed by atoms with Crippen molar-refractivity contribution in [2.75, 3.05) is 11.9 Å². The van der Waals surface area contributed by atoms with Crippen molar-refractivity contribution in [3.8, 4) is 0 Å². The summed E-state index contributed by atoms with van der Waals surface area (Å²) in [5.74, 6) is -3.31. The van der Waals surface area contributed by atoms with Crippen LogP contribution in [0.1, 0.15) is 38.5 Å². The van der Waals surface area contributed by atoms with Gasteiger partial charge in [0.1, 0.15) is 11.6 Å². The lowest BCUT2D eigenvalue weighted by Gasteiger charge is -2.30. The van der Waals surface area contributed by atoms with Crippen LogP contribution in [-0.4, -0.2) is 29.6 Å². The van der Waals surface area contributed by atoms with Gasteiger partial charge in [-0.3, -0.25) is 9.59 Å². The normalized spacial score (nSPS) is 16.5. The molecule has 2 rings (SSSR count). The van der Waals surface area contributed by atoms with E-state index in [2.05, 4.69) is 10.6 Å². The number of anilines is 1. The predicted molar refractivity (Wildman–Crippen MR) is 85.2 cm³/mol. The van der Waals surface area contributed by atoms with Crippen LogP contribution in [-0.2, 0) is 9.59 Å². The first kappa shape index (κ1) is 18.3. The van der Waals surface area contributed by atoms with Crippen LogP contribution in [0.5, 0.6) is 0 Å². The molecule has 0 bridgehead atoms. The lowest BCUT2D eigenvalue weighted by Crippen LogP contribution is -2.46. The highest BCUT2D eigenvalue weighted by Crippen LogP contribution is 2.27. The SMILES string of the molecule is O=C(Nc1cc(F)cc(F)c1)C(=O)NC(CCO)C1CCCCC1. The van der Waals surface area contributed by atoms with Crippen LogP contribution in [0.25, 0.3) is 0 Å². The fourth-order valence-corrected chi connectivity index (χ4v) is 3.15. The molecular weight excluding hydrogens is 318 g/mol. The van der Waals surface area contributed by atoms with E-state index in [1.807, 2.05) is 0 Å². The van der Waals surface area contributed by atoms with Gasteiger partial charge in [0.25, 0.3) is 0 Å². The Morgan fingerprint density at radius 2 is 1.71 bits per heavy atom. The van der Waals surface area contributed by atoms with Crippen molar-refractivity contribution in [3.63, 3.8) is 0 Å². The van der Waals surface area contributed by atoms with Crippen LogP contribution < -0.4 is 10.6 Å². The molecular formula is C17H22F2N2O3. The summed E-state index contributed by atoms with van der Waals surface area (Å²) in [7, 11) is 0. The Morgan fingerprint density at radius 1 is 1.08 bits per heavy atom. The highest BCUT2D eigenvalue weighted by atomic mass is 19.1. The number of rotatable bonds is 5. The van der Waals surface area contributed by atoms with E-state index in [0.717, 1.165) is 44.2 Å². The second kappa shape index (κ2) is 8.73. The van der Waals surface area contributed by atoms with Gasteiger partial charge in [0.05, 0.1) is 0 Å². The van der Waals surface area contributed by atoms with Crippen LogP contribution in [0.15, 0.2) is 18.2 Å². The highest BCUT2D eigenvalue weighted by molar-refractivity contribution is 6.39. The third-order valence-electron chi connectivity index (χ3n) is 4.30. The van der Waals surface area contributed by atoms with E-state index in [4.69, 9.17) is 0 Å². The zero-order valence-corrected chi connectivity index (χ0v) is 13.4. The number of amides is 2. The maximum Gasteiger partial charge on any atom is 0.313 e. The number of nitrogens with one attached hydrogen (secondary N) is 2. The zero-order valence-electron chi connectivity index (χ0n) is 13.4. The molecule has 1 aromatic rings. The molecule has 5 nitrogen and oxygen atoms in total. The molecule has 1 fully saturated rings. The average Bonchev–Trinajstić information content (AvgIpc) is 2.54. The van der Waals surface area contributed by atoms with Crippen LogP contribution in [0.4, 0.5) is 14.5 Å².